The molecule has 6 heteroatoms. The second-order valence-electron chi connectivity index (χ2n) is 6.89. The van der Waals surface area contributed by atoms with Crippen molar-refractivity contribution in [3.8, 4) is 0 Å². The fourth-order valence-electron chi connectivity index (χ4n) is 2.98. The number of aromatic nitrogens is 3. The normalized spacial score (nSPS) is 11.4. The van der Waals surface area contributed by atoms with Gasteiger partial charge in [0.15, 0.2) is 5.13 Å². The number of anilines is 1. The number of hydrogen-bond acceptors (Lipinski definition) is 4. The third-order valence-electron chi connectivity index (χ3n) is 4.27. The summed E-state index contributed by atoms with van der Waals surface area (Å²) in [6.45, 7) is 11.2. The van der Waals surface area contributed by atoms with Crippen LogP contribution in [0.4, 0.5) is 5.13 Å². The van der Waals surface area contributed by atoms with E-state index in [1.165, 1.54) is 11.3 Å². The minimum Gasteiger partial charge on any atom is -0.302 e. The van der Waals surface area contributed by atoms with Crippen LogP contribution in [-0.2, 0) is 17.8 Å². The van der Waals surface area contributed by atoms with Crippen LogP contribution in [0, 0.1) is 26.7 Å². The van der Waals surface area contributed by atoms with Gasteiger partial charge in [-0.15, -0.1) is 0 Å². The van der Waals surface area contributed by atoms with Gasteiger partial charge in [0.1, 0.15) is 0 Å². The standard InChI is InChI=1S/C19H24N4OS/c1-11(2)10-23-14(5)15(13(4)22-23)9-17(24)20-19-21-18-12(3)7-6-8-16(18)25-19/h6-8,11H,9-10H2,1-5H3,(H,20,21,24). The van der Waals surface area contributed by atoms with Crippen LogP contribution in [-0.4, -0.2) is 20.7 Å². The Bertz CT molecular complexity index is 923. The zero-order valence-corrected chi connectivity index (χ0v) is 16.2. The monoisotopic (exact) mass is 356 g/mol. The van der Waals surface area contributed by atoms with E-state index in [1.807, 2.05) is 43.7 Å². The maximum absolute atomic E-state index is 12.5. The number of carbonyl (C=O) groups is 1. The van der Waals surface area contributed by atoms with Gasteiger partial charge in [-0.2, -0.15) is 5.10 Å². The molecule has 5 nitrogen and oxygen atoms in total. The van der Waals surface area contributed by atoms with E-state index in [4.69, 9.17) is 0 Å². The van der Waals surface area contributed by atoms with Gasteiger partial charge in [-0.1, -0.05) is 37.3 Å². The fourth-order valence-corrected chi connectivity index (χ4v) is 3.94. The van der Waals surface area contributed by atoms with E-state index < -0.39 is 0 Å². The number of carbonyl (C=O) groups excluding carboxylic acids is 1. The molecule has 0 unspecified atom stereocenters. The molecule has 0 atom stereocenters. The Balaban J connectivity index is 1.76. The maximum Gasteiger partial charge on any atom is 0.230 e. The number of rotatable bonds is 5. The first kappa shape index (κ1) is 17.6. The molecule has 0 saturated carbocycles. The molecule has 3 aromatic rings. The van der Waals surface area contributed by atoms with Gasteiger partial charge < -0.3 is 5.32 Å². The summed E-state index contributed by atoms with van der Waals surface area (Å²) in [4.78, 5) is 17.0. The molecule has 3 rings (SSSR count). The Hall–Kier alpha value is -2.21. The summed E-state index contributed by atoms with van der Waals surface area (Å²) < 4.78 is 3.09. The Morgan fingerprint density at radius 3 is 2.72 bits per heavy atom. The van der Waals surface area contributed by atoms with Crippen molar-refractivity contribution in [1.29, 1.82) is 0 Å². The zero-order chi connectivity index (χ0) is 18.1. The lowest BCUT2D eigenvalue weighted by Crippen LogP contribution is -2.15. The van der Waals surface area contributed by atoms with Crippen molar-refractivity contribution in [2.24, 2.45) is 5.92 Å². The first-order valence-corrected chi connectivity index (χ1v) is 9.35. The Morgan fingerprint density at radius 1 is 1.28 bits per heavy atom. The van der Waals surface area contributed by atoms with Crippen molar-refractivity contribution in [3.05, 3.63) is 40.7 Å². The molecule has 0 radical (unpaired) electrons. The Kier molecular flexibility index (Phi) is 4.90. The van der Waals surface area contributed by atoms with Crippen LogP contribution in [0.3, 0.4) is 0 Å². The molecule has 0 fully saturated rings. The van der Waals surface area contributed by atoms with Gasteiger partial charge in [0.2, 0.25) is 5.91 Å². The first-order valence-electron chi connectivity index (χ1n) is 8.54. The highest BCUT2D eigenvalue weighted by atomic mass is 32.1. The number of nitrogens with one attached hydrogen (secondary N) is 1. The number of amides is 1. The summed E-state index contributed by atoms with van der Waals surface area (Å²) in [5.41, 5.74) is 5.08. The largest absolute Gasteiger partial charge is 0.302 e. The number of aryl methyl sites for hydroxylation is 2. The zero-order valence-electron chi connectivity index (χ0n) is 15.4. The van der Waals surface area contributed by atoms with Crippen molar-refractivity contribution >= 4 is 32.6 Å². The molecule has 0 saturated heterocycles. The molecule has 2 heterocycles. The van der Waals surface area contributed by atoms with Crippen molar-refractivity contribution in [3.63, 3.8) is 0 Å². The van der Waals surface area contributed by atoms with Crippen LogP contribution in [0.2, 0.25) is 0 Å². The van der Waals surface area contributed by atoms with E-state index in [-0.39, 0.29) is 5.91 Å². The van der Waals surface area contributed by atoms with Gasteiger partial charge in [0, 0.05) is 17.8 Å². The number of nitrogens with zero attached hydrogens (tertiary/aromatic N) is 3. The lowest BCUT2D eigenvalue weighted by molar-refractivity contribution is -0.115. The van der Waals surface area contributed by atoms with Crippen LogP contribution in [0.1, 0.15) is 36.4 Å². The molecule has 0 aliphatic carbocycles. The summed E-state index contributed by atoms with van der Waals surface area (Å²) in [6.07, 6.45) is 0.324. The van der Waals surface area contributed by atoms with Crippen molar-refractivity contribution in [2.45, 2.75) is 47.6 Å². The first-order chi connectivity index (χ1) is 11.8. The topological polar surface area (TPSA) is 59.8 Å². The molecule has 1 amide bonds. The van der Waals surface area contributed by atoms with Gasteiger partial charge in [-0.25, -0.2) is 4.98 Å². The minimum atomic E-state index is -0.0491. The average Bonchev–Trinajstić information content (AvgIpc) is 3.04. The van der Waals surface area contributed by atoms with E-state index in [9.17, 15) is 4.79 Å². The van der Waals surface area contributed by atoms with Crippen molar-refractivity contribution in [1.82, 2.24) is 14.8 Å². The summed E-state index contributed by atoms with van der Waals surface area (Å²) in [7, 11) is 0. The molecular weight excluding hydrogens is 332 g/mol. The summed E-state index contributed by atoms with van der Waals surface area (Å²) in [5.74, 6) is 0.470. The highest BCUT2D eigenvalue weighted by Crippen LogP contribution is 2.28. The minimum absolute atomic E-state index is 0.0491. The molecule has 0 bridgehead atoms. The molecule has 0 spiro atoms. The van der Waals surface area contributed by atoms with Crippen molar-refractivity contribution in [2.75, 3.05) is 5.32 Å². The third kappa shape index (κ3) is 3.74. The molecule has 0 aliphatic rings. The lowest BCUT2D eigenvalue weighted by Gasteiger charge is -2.08. The van der Waals surface area contributed by atoms with Crippen LogP contribution in [0.25, 0.3) is 10.2 Å². The quantitative estimate of drug-likeness (QED) is 0.743. The molecule has 1 aromatic carbocycles. The number of benzene rings is 1. The Morgan fingerprint density at radius 2 is 2.04 bits per heavy atom. The molecule has 132 valence electrons. The molecule has 2 aromatic heterocycles. The summed E-state index contributed by atoms with van der Waals surface area (Å²) in [6, 6.07) is 6.07. The molecule has 1 N–H and O–H groups in total. The second kappa shape index (κ2) is 6.96. The molecule has 25 heavy (non-hydrogen) atoms. The molecular formula is C19H24N4OS. The van der Waals surface area contributed by atoms with Crippen LogP contribution in [0.15, 0.2) is 18.2 Å². The van der Waals surface area contributed by atoms with E-state index in [0.717, 1.165) is 39.3 Å². The fraction of sp³-hybridized carbons (Fsp3) is 0.421. The van der Waals surface area contributed by atoms with E-state index in [2.05, 4.69) is 29.2 Å². The maximum atomic E-state index is 12.5. The molecule has 0 aliphatic heterocycles. The van der Waals surface area contributed by atoms with Crippen molar-refractivity contribution < 1.29 is 4.79 Å². The van der Waals surface area contributed by atoms with Crippen LogP contribution >= 0.6 is 11.3 Å². The van der Waals surface area contributed by atoms with Crippen LogP contribution in [0.5, 0.6) is 0 Å². The third-order valence-corrected chi connectivity index (χ3v) is 5.21. The summed E-state index contributed by atoms with van der Waals surface area (Å²) >= 11 is 1.51. The second-order valence-corrected chi connectivity index (χ2v) is 7.92. The smallest absolute Gasteiger partial charge is 0.230 e. The predicted molar refractivity (Wildman–Crippen MR) is 103 cm³/mol. The van der Waals surface area contributed by atoms with Gasteiger partial charge in [-0.3, -0.25) is 9.48 Å². The number of thiazole rings is 1. The summed E-state index contributed by atoms with van der Waals surface area (Å²) in [5, 5.41) is 8.18. The lowest BCUT2D eigenvalue weighted by atomic mass is 10.1. The van der Waals surface area contributed by atoms with E-state index in [1.54, 1.807) is 0 Å². The number of fused-ring (bicyclic) bond motifs is 1. The van der Waals surface area contributed by atoms with Crippen LogP contribution < -0.4 is 5.32 Å². The van der Waals surface area contributed by atoms with E-state index in [0.29, 0.717) is 17.5 Å². The number of hydrogen-bond donors (Lipinski definition) is 1. The van der Waals surface area contributed by atoms with E-state index >= 15 is 0 Å². The van der Waals surface area contributed by atoms with Gasteiger partial charge in [0.25, 0.3) is 0 Å². The van der Waals surface area contributed by atoms with Gasteiger partial charge >= 0.3 is 0 Å². The predicted octanol–water partition coefficient (Wildman–Crippen LogP) is 4.26. The van der Waals surface area contributed by atoms with Gasteiger partial charge in [0.05, 0.1) is 22.3 Å². The average molecular weight is 356 g/mol. The van der Waals surface area contributed by atoms with Gasteiger partial charge in [-0.05, 0) is 38.3 Å². The highest BCUT2D eigenvalue weighted by Gasteiger charge is 2.17. The number of para-hydroxylation sites is 1. The SMILES string of the molecule is Cc1nn(CC(C)C)c(C)c1CC(=O)Nc1nc2c(C)cccc2s1. The highest BCUT2D eigenvalue weighted by molar-refractivity contribution is 7.22. The Labute approximate surface area is 152 Å².